The number of aryl methyl sites for hydroxylation is 1. The number of hydrogen-bond donors (Lipinski definition) is 0. The molecule has 0 fully saturated rings. The van der Waals surface area contributed by atoms with Crippen LogP contribution in [0.3, 0.4) is 0 Å². The fourth-order valence-corrected chi connectivity index (χ4v) is 3.27. The van der Waals surface area contributed by atoms with E-state index in [1.165, 1.54) is 19.2 Å². The minimum Gasteiger partial charge on any atom is -0.204 e. The van der Waals surface area contributed by atoms with E-state index in [0.717, 1.165) is 0 Å². The third kappa shape index (κ3) is 3.21. The zero-order valence-electron chi connectivity index (χ0n) is 8.33. The summed E-state index contributed by atoms with van der Waals surface area (Å²) in [5.41, 5.74) is 1.19. The fraction of sp³-hybridized carbons (Fsp3) is 0.0833. The summed E-state index contributed by atoms with van der Waals surface area (Å²) < 4.78 is 1.17. The van der Waals surface area contributed by atoms with Gasteiger partial charge in [-0.15, -0.1) is 0 Å². The van der Waals surface area contributed by atoms with Gasteiger partial charge in [-0.05, 0) is 12.1 Å². The lowest BCUT2D eigenvalue weighted by atomic mass is 10.4. The molecule has 0 radical (unpaired) electrons. The van der Waals surface area contributed by atoms with Crippen LogP contribution in [0.2, 0.25) is 0 Å². The molecule has 2 aromatic rings. The van der Waals surface area contributed by atoms with E-state index in [1.807, 2.05) is 6.07 Å². The molecular weight excluding hydrogens is 317 g/mol. The quantitative estimate of drug-likeness (QED) is 0.607. The molecule has 0 amide bonds. The molecule has 1 aromatic carbocycles. The largest absolute Gasteiger partial charge is 0.240 e. The zero-order valence-corrected chi connectivity index (χ0v) is 11.3. The van der Waals surface area contributed by atoms with Crippen LogP contribution in [0.5, 0.6) is 0 Å². The van der Waals surface area contributed by atoms with Gasteiger partial charge in [0.15, 0.2) is 5.69 Å². The minimum atomic E-state index is 1.17. The predicted octanol–water partition coefficient (Wildman–Crippen LogP) is 3.56. The number of aromatic nitrogens is 1. The van der Waals surface area contributed by atoms with Crippen molar-refractivity contribution in [3.05, 3.63) is 51.9 Å². The van der Waals surface area contributed by atoms with Gasteiger partial charge in [0.25, 0.3) is 0 Å². The Hall–Kier alpha value is -0.550. The second kappa shape index (κ2) is 4.99. The van der Waals surface area contributed by atoms with Crippen LogP contribution in [-0.4, -0.2) is 0 Å². The molecule has 0 aliphatic carbocycles. The van der Waals surface area contributed by atoms with Crippen molar-refractivity contribution in [3.63, 3.8) is 0 Å². The molecule has 1 N–H and O–H groups in total. The van der Waals surface area contributed by atoms with Gasteiger partial charge in [-0.25, -0.2) is 4.98 Å². The minimum absolute atomic E-state index is 1.17. The Labute approximate surface area is 107 Å². The van der Waals surface area contributed by atoms with E-state index in [2.05, 4.69) is 70.9 Å². The van der Waals surface area contributed by atoms with Crippen molar-refractivity contribution in [2.24, 2.45) is 0 Å². The summed E-state index contributed by atoms with van der Waals surface area (Å²) in [6.45, 7) is 2.08. The second-order valence-electron chi connectivity index (χ2n) is 3.26. The molecule has 3 heteroatoms. The van der Waals surface area contributed by atoms with E-state index in [1.54, 1.807) is 11.8 Å². The Morgan fingerprint density at radius 3 is 2.47 bits per heavy atom. The first-order valence-corrected chi connectivity index (χ1v) is 6.56. The predicted molar refractivity (Wildman–Crippen MR) is 71.0 cm³/mol. The van der Waals surface area contributed by atoms with Gasteiger partial charge in [-0.3, -0.25) is 0 Å². The summed E-state index contributed by atoms with van der Waals surface area (Å²) in [4.78, 5) is 5.83. The van der Waals surface area contributed by atoms with Crippen molar-refractivity contribution in [1.82, 2.24) is 0 Å². The lowest BCUT2D eigenvalue weighted by Crippen LogP contribution is -2.11. The summed E-state index contributed by atoms with van der Waals surface area (Å²) in [7, 11) is 0. The monoisotopic (exact) mass is 328 g/mol. The van der Waals surface area contributed by atoms with Crippen LogP contribution in [0.4, 0.5) is 0 Å². The Morgan fingerprint density at radius 1 is 1.07 bits per heavy atom. The first kappa shape index (κ1) is 11.0. The number of benzene rings is 1. The van der Waals surface area contributed by atoms with Crippen molar-refractivity contribution in [1.29, 1.82) is 0 Å². The number of halogens is 1. The average molecular weight is 328 g/mol. The lowest BCUT2D eigenvalue weighted by Gasteiger charge is -2.00. The molecule has 1 nitrogen and oxygen atoms in total. The van der Waals surface area contributed by atoms with E-state index < -0.39 is 0 Å². The summed E-state index contributed by atoms with van der Waals surface area (Å²) in [6.07, 6.45) is 0. The van der Waals surface area contributed by atoms with Crippen LogP contribution >= 0.6 is 34.4 Å². The van der Waals surface area contributed by atoms with Crippen LogP contribution in [0, 0.1) is 10.6 Å². The van der Waals surface area contributed by atoms with Gasteiger partial charge in [0.2, 0.25) is 3.70 Å². The number of pyridine rings is 1. The van der Waals surface area contributed by atoms with Crippen molar-refractivity contribution in [2.45, 2.75) is 16.7 Å². The van der Waals surface area contributed by atoms with E-state index >= 15 is 0 Å². The maximum atomic E-state index is 3.27. The Kier molecular flexibility index (Phi) is 3.64. The molecule has 0 atom stereocenters. The smallest absolute Gasteiger partial charge is 0.204 e. The van der Waals surface area contributed by atoms with E-state index in [4.69, 9.17) is 0 Å². The lowest BCUT2D eigenvalue weighted by molar-refractivity contribution is -0.404. The van der Waals surface area contributed by atoms with Gasteiger partial charge in [0.05, 0.1) is 0 Å². The van der Waals surface area contributed by atoms with Crippen LogP contribution in [0.1, 0.15) is 5.69 Å². The van der Waals surface area contributed by atoms with Gasteiger partial charge in [0.1, 0.15) is 0 Å². The van der Waals surface area contributed by atoms with Crippen LogP contribution in [0.15, 0.2) is 52.3 Å². The van der Waals surface area contributed by atoms with Gasteiger partial charge in [-0.1, -0.05) is 30.0 Å². The number of H-pyrrole nitrogens is 1. The second-order valence-corrected chi connectivity index (χ2v) is 5.57. The number of rotatable bonds is 2. The molecule has 2 rings (SSSR count). The highest BCUT2D eigenvalue weighted by atomic mass is 127. The highest BCUT2D eigenvalue weighted by Crippen LogP contribution is 2.27. The summed E-state index contributed by atoms with van der Waals surface area (Å²) >= 11 is 4.10. The molecule has 1 heterocycles. The van der Waals surface area contributed by atoms with Gasteiger partial charge in [0, 0.05) is 51.4 Å². The van der Waals surface area contributed by atoms with Crippen LogP contribution < -0.4 is 4.98 Å². The van der Waals surface area contributed by atoms with Crippen molar-refractivity contribution in [2.75, 3.05) is 0 Å². The van der Waals surface area contributed by atoms with E-state index in [0.29, 0.717) is 0 Å². The summed E-state index contributed by atoms with van der Waals surface area (Å²) in [5.74, 6) is 0. The number of aromatic amines is 1. The molecular formula is C12H11INS+. The molecule has 0 aliphatic heterocycles. The first-order valence-electron chi connectivity index (χ1n) is 4.66. The van der Waals surface area contributed by atoms with Gasteiger partial charge < -0.3 is 0 Å². The van der Waals surface area contributed by atoms with Crippen molar-refractivity contribution >= 4 is 34.4 Å². The third-order valence-electron chi connectivity index (χ3n) is 1.92. The Morgan fingerprint density at radius 2 is 1.80 bits per heavy atom. The van der Waals surface area contributed by atoms with E-state index in [9.17, 15) is 0 Å². The molecule has 0 saturated carbocycles. The van der Waals surface area contributed by atoms with Gasteiger partial charge >= 0.3 is 0 Å². The molecule has 0 bridgehead atoms. The molecule has 1 aromatic heterocycles. The maximum absolute atomic E-state index is 3.27. The topological polar surface area (TPSA) is 14.1 Å². The third-order valence-corrected chi connectivity index (χ3v) is 3.48. The maximum Gasteiger partial charge on any atom is 0.240 e. The SMILES string of the molecule is Cc1cc(Sc2ccccc2)cc(I)[nH+]1. The highest BCUT2D eigenvalue weighted by molar-refractivity contribution is 14.1. The average Bonchev–Trinajstić information content (AvgIpc) is 2.17. The van der Waals surface area contributed by atoms with Gasteiger partial charge in [-0.2, -0.15) is 0 Å². The number of hydrogen-bond acceptors (Lipinski definition) is 1. The normalized spacial score (nSPS) is 10.3. The number of nitrogens with one attached hydrogen (secondary N) is 1. The van der Waals surface area contributed by atoms with Crippen LogP contribution in [-0.2, 0) is 0 Å². The Balaban J connectivity index is 2.25. The van der Waals surface area contributed by atoms with E-state index in [-0.39, 0.29) is 0 Å². The molecule has 0 aliphatic rings. The standard InChI is InChI=1S/C12H10INS/c1-9-7-11(8-12(13)14-9)15-10-5-3-2-4-6-10/h2-8H,1H3/p+1. The molecule has 0 saturated heterocycles. The summed E-state index contributed by atoms with van der Waals surface area (Å²) in [5, 5.41) is 0. The molecule has 76 valence electrons. The molecule has 0 unspecified atom stereocenters. The van der Waals surface area contributed by atoms with Crippen molar-refractivity contribution in [3.8, 4) is 0 Å². The first-order chi connectivity index (χ1) is 7.24. The highest BCUT2D eigenvalue weighted by Gasteiger charge is 2.04. The molecule has 15 heavy (non-hydrogen) atoms. The van der Waals surface area contributed by atoms with Crippen LogP contribution in [0.25, 0.3) is 0 Å². The summed E-state index contributed by atoms with van der Waals surface area (Å²) in [6, 6.07) is 14.8. The zero-order chi connectivity index (χ0) is 10.7. The Bertz CT molecular complexity index is 436. The molecule has 0 spiro atoms. The van der Waals surface area contributed by atoms with Crippen molar-refractivity contribution < 1.29 is 4.98 Å². The fourth-order valence-electron chi connectivity index (χ4n) is 1.32.